The number of nitrogens with zero attached hydrogens (tertiary/aromatic N) is 1. The normalized spacial score (nSPS) is 25.4. The minimum Gasteiger partial charge on any atom is -0.489 e. The number of piperidine rings is 1. The quantitative estimate of drug-likeness (QED) is 0.402. The molecule has 0 amide bonds. The van der Waals surface area contributed by atoms with E-state index in [4.69, 9.17) is 4.74 Å². The van der Waals surface area contributed by atoms with Crippen molar-refractivity contribution in [3.63, 3.8) is 0 Å². The summed E-state index contributed by atoms with van der Waals surface area (Å²) in [4.78, 5) is 2.70. The van der Waals surface area contributed by atoms with Crippen LogP contribution in [0.3, 0.4) is 0 Å². The zero-order chi connectivity index (χ0) is 28.2. The summed E-state index contributed by atoms with van der Waals surface area (Å²) in [5.74, 6) is 1.70. The molecule has 0 aliphatic carbocycles. The number of para-hydroxylation sites is 1. The molecule has 0 radical (unpaired) electrons. The Labute approximate surface area is 252 Å². The number of hydrogen-bond donors (Lipinski definition) is 1. The third-order valence-corrected chi connectivity index (χ3v) is 9.53. The number of anilines is 2. The second-order valence-electron chi connectivity index (χ2n) is 13.0. The van der Waals surface area contributed by atoms with Crippen molar-refractivity contribution in [3.05, 3.63) is 54.6 Å². The van der Waals surface area contributed by atoms with E-state index in [1.165, 1.54) is 148 Å². The van der Waals surface area contributed by atoms with Gasteiger partial charge in [0.1, 0.15) is 11.9 Å². The Hall–Kier alpha value is -2.00. The predicted octanol–water partition coefficient (Wildman–Crippen LogP) is 11.3. The van der Waals surface area contributed by atoms with Crippen LogP contribution in [0.25, 0.3) is 0 Å². The van der Waals surface area contributed by atoms with Crippen molar-refractivity contribution in [2.24, 2.45) is 5.92 Å². The first-order valence-corrected chi connectivity index (χ1v) is 17.7. The molecule has 5 rings (SSSR count). The number of rotatable bonds is 4. The molecule has 3 nitrogen and oxygen atoms in total. The summed E-state index contributed by atoms with van der Waals surface area (Å²) in [7, 11) is 0. The van der Waals surface area contributed by atoms with E-state index >= 15 is 0 Å². The average molecular weight is 561 g/mol. The van der Waals surface area contributed by atoms with E-state index in [1.54, 1.807) is 0 Å². The molecule has 3 aliphatic rings. The number of ether oxygens (including phenoxy) is 1. The van der Waals surface area contributed by atoms with E-state index in [1.807, 2.05) is 0 Å². The molecule has 2 aromatic rings. The molecule has 1 N–H and O–H groups in total. The van der Waals surface area contributed by atoms with Crippen LogP contribution in [0.2, 0.25) is 0 Å². The fraction of sp³-hybridized carbons (Fsp3) is 0.684. The minimum absolute atomic E-state index is 0.311. The number of fused-ring (bicyclic) bond motifs is 22. The molecule has 2 aromatic carbocycles. The van der Waals surface area contributed by atoms with Crippen LogP contribution in [0.4, 0.5) is 11.4 Å². The molecule has 0 spiro atoms. The smallest absolute Gasteiger partial charge is 0.119 e. The fourth-order valence-electron chi connectivity index (χ4n) is 6.92. The molecule has 3 heteroatoms. The summed E-state index contributed by atoms with van der Waals surface area (Å²) in [6, 6.07) is 19.0. The highest BCUT2D eigenvalue weighted by Crippen LogP contribution is 2.29. The highest BCUT2D eigenvalue weighted by molar-refractivity contribution is 5.60. The monoisotopic (exact) mass is 560 g/mol. The van der Waals surface area contributed by atoms with Crippen LogP contribution in [-0.2, 0) is 0 Å². The molecular formula is C38H60N2O. The highest BCUT2D eigenvalue weighted by atomic mass is 16.5. The Balaban J connectivity index is 1.26. The Kier molecular flexibility index (Phi) is 15.6. The predicted molar refractivity (Wildman–Crippen MR) is 177 cm³/mol. The van der Waals surface area contributed by atoms with Gasteiger partial charge >= 0.3 is 0 Å². The van der Waals surface area contributed by atoms with Crippen molar-refractivity contribution in [2.75, 3.05) is 25.0 Å². The van der Waals surface area contributed by atoms with Gasteiger partial charge in [-0.05, 0) is 74.7 Å². The first-order chi connectivity index (χ1) is 20.4. The SMILES string of the molecule is c1ccc(Nc2ccc(O[C@H]3CN4CCCCCCCCCCCCCCCCCCCCCC3CC4)cc2)cc1. The first kappa shape index (κ1) is 31.9. The van der Waals surface area contributed by atoms with Gasteiger partial charge < -0.3 is 10.1 Å². The number of hydrogen-bond acceptors (Lipinski definition) is 3. The minimum atomic E-state index is 0.311. The molecular weight excluding hydrogens is 500 g/mol. The lowest BCUT2D eigenvalue weighted by Crippen LogP contribution is -2.47. The third kappa shape index (κ3) is 13.2. The van der Waals surface area contributed by atoms with Gasteiger partial charge in [-0.2, -0.15) is 0 Å². The molecule has 3 aliphatic heterocycles. The molecule has 0 aromatic heterocycles. The van der Waals surface area contributed by atoms with E-state index < -0.39 is 0 Å². The summed E-state index contributed by atoms with van der Waals surface area (Å²) in [5.41, 5.74) is 2.23. The van der Waals surface area contributed by atoms with Crippen molar-refractivity contribution in [1.82, 2.24) is 4.90 Å². The van der Waals surface area contributed by atoms with Gasteiger partial charge in [-0.3, -0.25) is 4.90 Å². The summed E-state index contributed by atoms with van der Waals surface area (Å²) in [5, 5.41) is 3.50. The van der Waals surface area contributed by atoms with Crippen LogP contribution >= 0.6 is 0 Å². The van der Waals surface area contributed by atoms with Crippen molar-refractivity contribution in [3.8, 4) is 5.75 Å². The van der Waals surface area contributed by atoms with E-state index in [-0.39, 0.29) is 0 Å². The van der Waals surface area contributed by atoms with E-state index in [9.17, 15) is 0 Å². The van der Waals surface area contributed by atoms with Crippen molar-refractivity contribution in [2.45, 2.75) is 141 Å². The summed E-state index contributed by atoms with van der Waals surface area (Å²) in [6.07, 6.45) is 30.2. The lowest BCUT2D eigenvalue weighted by molar-refractivity contribution is 0.0340. The molecule has 41 heavy (non-hydrogen) atoms. The summed E-state index contributed by atoms with van der Waals surface area (Å²) in [6.45, 7) is 3.59. The summed E-state index contributed by atoms with van der Waals surface area (Å²) >= 11 is 0. The van der Waals surface area contributed by atoms with Crippen molar-refractivity contribution in [1.29, 1.82) is 0 Å². The molecule has 2 unspecified atom stereocenters. The van der Waals surface area contributed by atoms with Crippen LogP contribution in [0, 0.1) is 5.92 Å². The molecule has 0 saturated carbocycles. The molecule has 3 fully saturated rings. The maximum absolute atomic E-state index is 6.75. The van der Waals surface area contributed by atoms with Crippen LogP contribution in [0.1, 0.15) is 135 Å². The van der Waals surface area contributed by atoms with Crippen molar-refractivity contribution >= 4 is 11.4 Å². The molecule has 2 bridgehead atoms. The van der Waals surface area contributed by atoms with Gasteiger partial charge in [0, 0.05) is 17.9 Å². The Morgan fingerprint density at radius 1 is 0.488 bits per heavy atom. The first-order valence-electron chi connectivity index (χ1n) is 17.7. The number of nitrogens with one attached hydrogen (secondary N) is 1. The maximum Gasteiger partial charge on any atom is 0.119 e. The average Bonchev–Trinajstić information content (AvgIpc) is 3.00. The molecule has 3 saturated heterocycles. The number of benzene rings is 2. The van der Waals surface area contributed by atoms with Gasteiger partial charge in [-0.1, -0.05) is 134 Å². The Morgan fingerprint density at radius 2 is 0.976 bits per heavy atom. The van der Waals surface area contributed by atoms with Gasteiger partial charge in [0.15, 0.2) is 0 Å². The fourth-order valence-corrected chi connectivity index (χ4v) is 6.92. The Bertz CT molecular complexity index is 894. The van der Waals surface area contributed by atoms with Gasteiger partial charge in [0.05, 0.1) is 0 Å². The van der Waals surface area contributed by atoms with Crippen LogP contribution in [0.15, 0.2) is 54.6 Å². The van der Waals surface area contributed by atoms with Gasteiger partial charge in [0.25, 0.3) is 0 Å². The van der Waals surface area contributed by atoms with Crippen LogP contribution < -0.4 is 10.1 Å². The zero-order valence-electron chi connectivity index (χ0n) is 26.2. The second kappa shape index (κ2) is 20.0. The largest absolute Gasteiger partial charge is 0.489 e. The van der Waals surface area contributed by atoms with E-state index in [0.717, 1.165) is 23.7 Å². The second-order valence-corrected chi connectivity index (χ2v) is 13.0. The summed E-state index contributed by atoms with van der Waals surface area (Å²) < 4.78 is 6.75. The Morgan fingerprint density at radius 3 is 1.54 bits per heavy atom. The molecule has 3 atom stereocenters. The van der Waals surface area contributed by atoms with E-state index in [0.29, 0.717) is 12.0 Å². The van der Waals surface area contributed by atoms with E-state index in [2.05, 4.69) is 64.8 Å². The lowest BCUT2D eigenvalue weighted by Gasteiger charge is -2.39. The van der Waals surface area contributed by atoms with Crippen LogP contribution in [0.5, 0.6) is 5.75 Å². The zero-order valence-corrected chi connectivity index (χ0v) is 26.2. The lowest BCUT2D eigenvalue weighted by atomic mass is 9.88. The van der Waals surface area contributed by atoms with Gasteiger partial charge in [0.2, 0.25) is 0 Å². The molecule has 3 heterocycles. The van der Waals surface area contributed by atoms with Gasteiger partial charge in [-0.15, -0.1) is 0 Å². The maximum atomic E-state index is 6.75. The van der Waals surface area contributed by atoms with Crippen molar-refractivity contribution < 1.29 is 4.74 Å². The standard InChI is InChI=1S/C38H60N2O/c1-2-4-6-8-10-12-14-16-19-23-34-30-32-40(31-22-17-15-13-11-9-7-5-3-1)33-38(34)41-37-28-26-36(27-29-37)39-35-24-20-18-21-25-35/h18,20-21,24-29,34,38-39H,1-17,19,22-23,30-33H2/t34?,38-/m0/s1. The highest BCUT2D eigenvalue weighted by Gasteiger charge is 2.30. The van der Waals surface area contributed by atoms with Gasteiger partial charge in [-0.25, -0.2) is 0 Å². The topological polar surface area (TPSA) is 24.5 Å². The third-order valence-electron chi connectivity index (χ3n) is 9.53. The van der Waals surface area contributed by atoms with Crippen LogP contribution in [-0.4, -0.2) is 30.6 Å². The molecule has 228 valence electrons.